The Kier molecular flexibility index (Phi) is 4.60. The molecule has 0 aromatic heterocycles. The highest BCUT2D eigenvalue weighted by molar-refractivity contribution is 6.01. The van der Waals surface area contributed by atoms with Gasteiger partial charge >= 0.3 is 0 Å². The van der Waals surface area contributed by atoms with Gasteiger partial charge in [-0.25, -0.2) is 0 Å². The number of carbonyl (C=O) groups is 3. The van der Waals surface area contributed by atoms with Crippen molar-refractivity contribution in [3.05, 3.63) is 53.6 Å². The number of carbonyl (C=O) groups excluding carboxylic acids is 3. The van der Waals surface area contributed by atoms with Crippen LogP contribution in [0.1, 0.15) is 22.3 Å². The van der Waals surface area contributed by atoms with Crippen LogP contribution in [-0.4, -0.2) is 31.1 Å². The van der Waals surface area contributed by atoms with Crippen LogP contribution in [-0.2, 0) is 9.59 Å². The van der Waals surface area contributed by atoms with E-state index in [1.807, 2.05) is 19.1 Å². The van der Waals surface area contributed by atoms with Crippen molar-refractivity contribution >= 4 is 23.4 Å². The van der Waals surface area contributed by atoms with Crippen LogP contribution in [0.3, 0.4) is 0 Å². The van der Waals surface area contributed by atoms with E-state index in [2.05, 4.69) is 10.9 Å². The fourth-order valence-electron chi connectivity index (χ4n) is 3.18. The molecule has 2 aromatic rings. The highest BCUT2D eigenvalue weighted by Gasteiger charge is 2.36. The summed E-state index contributed by atoms with van der Waals surface area (Å²) in [7, 11) is 0. The van der Waals surface area contributed by atoms with Crippen molar-refractivity contribution < 1.29 is 23.9 Å². The Labute approximate surface area is 161 Å². The summed E-state index contributed by atoms with van der Waals surface area (Å²) in [4.78, 5) is 38.4. The smallest absolute Gasteiger partial charge is 0.269 e. The van der Waals surface area contributed by atoms with Crippen molar-refractivity contribution in [3.63, 3.8) is 0 Å². The van der Waals surface area contributed by atoms with Gasteiger partial charge in [0.15, 0.2) is 11.5 Å². The molecule has 1 fully saturated rings. The number of amides is 3. The summed E-state index contributed by atoms with van der Waals surface area (Å²) in [6, 6.07) is 12.2. The number of rotatable bonds is 3. The Hall–Kier alpha value is -3.55. The standard InChI is InChI=1S/C20H19N3O5/c1-12-2-4-13(5-3-12)19(25)21-22-20(26)14-8-18(24)23(10-14)15-6-7-16-17(9-15)28-11-27-16/h2-7,9,14H,8,10-11H2,1H3,(H,21,25)(H,22,26)/t14-/m0/s1. The molecule has 0 spiro atoms. The number of benzene rings is 2. The monoisotopic (exact) mass is 381 g/mol. The molecule has 0 aliphatic carbocycles. The van der Waals surface area contributed by atoms with Crippen molar-refractivity contribution in [3.8, 4) is 11.5 Å². The zero-order valence-electron chi connectivity index (χ0n) is 15.2. The summed E-state index contributed by atoms with van der Waals surface area (Å²) in [6.07, 6.45) is 0.0701. The molecule has 1 atom stereocenters. The number of nitrogens with one attached hydrogen (secondary N) is 2. The zero-order chi connectivity index (χ0) is 19.7. The van der Waals surface area contributed by atoms with Gasteiger partial charge in [0, 0.05) is 30.3 Å². The first kappa shape index (κ1) is 17.8. The number of hydrogen-bond acceptors (Lipinski definition) is 5. The number of aryl methyl sites for hydroxylation is 1. The van der Waals surface area contributed by atoms with Crippen molar-refractivity contribution in [2.75, 3.05) is 18.2 Å². The molecule has 2 aliphatic rings. The third kappa shape index (κ3) is 3.48. The molecule has 2 N–H and O–H groups in total. The Morgan fingerprint density at radius 1 is 1.04 bits per heavy atom. The van der Waals surface area contributed by atoms with Gasteiger partial charge in [0.2, 0.25) is 18.6 Å². The summed E-state index contributed by atoms with van der Waals surface area (Å²) < 4.78 is 10.6. The maximum atomic E-state index is 12.4. The van der Waals surface area contributed by atoms with Gasteiger partial charge in [-0.2, -0.15) is 0 Å². The Morgan fingerprint density at radius 3 is 2.57 bits per heavy atom. The van der Waals surface area contributed by atoms with Gasteiger partial charge in [-0.1, -0.05) is 17.7 Å². The highest BCUT2D eigenvalue weighted by Crippen LogP contribution is 2.37. The van der Waals surface area contributed by atoms with Crippen LogP contribution >= 0.6 is 0 Å². The number of fused-ring (bicyclic) bond motifs is 1. The van der Waals surface area contributed by atoms with Gasteiger partial charge in [-0.3, -0.25) is 25.2 Å². The molecule has 0 radical (unpaired) electrons. The summed E-state index contributed by atoms with van der Waals surface area (Å²) in [5, 5.41) is 0. The SMILES string of the molecule is Cc1ccc(C(=O)NNC(=O)[C@H]2CC(=O)N(c3ccc4c(c3)OCO4)C2)cc1. The molecule has 28 heavy (non-hydrogen) atoms. The van der Waals surface area contributed by atoms with Gasteiger partial charge in [-0.05, 0) is 31.2 Å². The average Bonchev–Trinajstić information content (AvgIpc) is 3.32. The van der Waals surface area contributed by atoms with Crippen LogP contribution in [0.2, 0.25) is 0 Å². The molecule has 1 saturated heterocycles. The van der Waals surface area contributed by atoms with Crippen molar-refractivity contribution in [1.29, 1.82) is 0 Å². The second kappa shape index (κ2) is 7.22. The molecule has 144 valence electrons. The second-order valence-corrected chi connectivity index (χ2v) is 6.75. The molecule has 0 saturated carbocycles. The van der Waals surface area contributed by atoms with Crippen molar-refractivity contribution in [2.45, 2.75) is 13.3 Å². The maximum Gasteiger partial charge on any atom is 0.269 e. The number of hydrogen-bond donors (Lipinski definition) is 2. The van der Waals surface area contributed by atoms with E-state index >= 15 is 0 Å². The van der Waals surface area contributed by atoms with Gasteiger partial charge in [0.1, 0.15) is 0 Å². The lowest BCUT2D eigenvalue weighted by atomic mass is 10.1. The third-order valence-electron chi connectivity index (χ3n) is 4.78. The summed E-state index contributed by atoms with van der Waals surface area (Å²) in [5.74, 6) is -0.338. The zero-order valence-corrected chi connectivity index (χ0v) is 15.2. The first-order valence-electron chi connectivity index (χ1n) is 8.88. The van der Waals surface area contributed by atoms with Crippen molar-refractivity contribution in [1.82, 2.24) is 10.9 Å². The summed E-state index contributed by atoms with van der Waals surface area (Å²) in [5.41, 5.74) is 6.93. The normalized spacial score (nSPS) is 17.5. The van der Waals surface area contributed by atoms with Gasteiger partial charge in [0.05, 0.1) is 5.92 Å². The van der Waals surface area contributed by atoms with E-state index in [1.54, 1.807) is 30.3 Å². The minimum Gasteiger partial charge on any atom is -0.454 e. The number of ether oxygens (including phenoxy) is 2. The number of nitrogens with zero attached hydrogens (tertiary/aromatic N) is 1. The first-order chi connectivity index (χ1) is 13.5. The quantitative estimate of drug-likeness (QED) is 0.786. The first-order valence-corrected chi connectivity index (χ1v) is 8.88. The molecule has 0 bridgehead atoms. The lowest BCUT2D eigenvalue weighted by molar-refractivity contribution is -0.126. The molecule has 4 rings (SSSR count). The van der Waals surface area contributed by atoms with Crippen LogP contribution in [0.4, 0.5) is 5.69 Å². The van der Waals surface area contributed by atoms with E-state index in [4.69, 9.17) is 9.47 Å². The number of hydrazine groups is 1. The van der Waals surface area contributed by atoms with Crippen LogP contribution in [0, 0.1) is 12.8 Å². The minimum absolute atomic E-state index is 0.0701. The second-order valence-electron chi connectivity index (χ2n) is 6.75. The van der Waals surface area contributed by atoms with Crippen LogP contribution < -0.4 is 25.2 Å². The molecule has 0 unspecified atom stereocenters. The van der Waals surface area contributed by atoms with Gasteiger partial charge < -0.3 is 14.4 Å². The van der Waals surface area contributed by atoms with Crippen molar-refractivity contribution in [2.24, 2.45) is 5.92 Å². The molecule has 8 heteroatoms. The minimum atomic E-state index is -0.559. The van der Waals surface area contributed by atoms with E-state index in [9.17, 15) is 14.4 Å². The fraction of sp³-hybridized carbons (Fsp3) is 0.250. The van der Waals surface area contributed by atoms with Crippen LogP contribution in [0.5, 0.6) is 11.5 Å². The molecule has 3 amide bonds. The van der Waals surface area contributed by atoms with Gasteiger partial charge in [0.25, 0.3) is 5.91 Å². The lowest BCUT2D eigenvalue weighted by Crippen LogP contribution is -2.45. The molecule has 8 nitrogen and oxygen atoms in total. The summed E-state index contributed by atoms with van der Waals surface area (Å²) in [6.45, 7) is 2.30. The highest BCUT2D eigenvalue weighted by atomic mass is 16.7. The fourth-order valence-corrected chi connectivity index (χ4v) is 3.18. The van der Waals surface area contributed by atoms with Gasteiger partial charge in [-0.15, -0.1) is 0 Å². The Balaban J connectivity index is 1.36. The Bertz CT molecular complexity index is 941. The third-order valence-corrected chi connectivity index (χ3v) is 4.78. The predicted molar refractivity (Wildman–Crippen MR) is 99.8 cm³/mol. The molecular formula is C20H19N3O5. The van der Waals surface area contributed by atoms with Crippen LogP contribution in [0.25, 0.3) is 0 Å². The number of anilines is 1. The average molecular weight is 381 g/mol. The topological polar surface area (TPSA) is 97.0 Å². The Morgan fingerprint density at radius 2 is 1.79 bits per heavy atom. The molecule has 2 heterocycles. The van der Waals surface area contributed by atoms with Crippen LogP contribution in [0.15, 0.2) is 42.5 Å². The van der Waals surface area contributed by atoms with E-state index in [0.717, 1.165) is 5.56 Å². The van der Waals surface area contributed by atoms with E-state index < -0.39 is 17.7 Å². The predicted octanol–water partition coefficient (Wildman–Crippen LogP) is 1.54. The molecule has 2 aromatic carbocycles. The lowest BCUT2D eigenvalue weighted by Gasteiger charge is -2.17. The maximum absolute atomic E-state index is 12.4. The molecular weight excluding hydrogens is 362 g/mol. The summed E-state index contributed by atoms with van der Waals surface area (Å²) >= 11 is 0. The molecule has 2 aliphatic heterocycles. The largest absolute Gasteiger partial charge is 0.454 e. The van der Waals surface area contributed by atoms with E-state index in [0.29, 0.717) is 22.7 Å². The van der Waals surface area contributed by atoms with E-state index in [-0.39, 0.29) is 25.7 Å². The van der Waals surface area contributed by atoms with E-state index in [1.165, 1.54) is 4.90 Å².